The molecular weight excluding hydrogens is 590 g/mol. The van der Waals surface area contributed by atoms with E-state index >= 15 is 0 Å². The third-order valence-corrected chi connectivity index (χ3v) is 8.34. The maximum atomic E-state index is 12.0. The van der Waals surface area contributed by atoms with Crippen molar-refractivity contribution < 1.29 is 33.3 Å². The Hall–Kier alpha value is -3.15. The van der Waals surface area contributed by atoms with Crippen LogP contribution in [0.5, 0.6) is 28.7 Å². The Kier molecular flexibility index (Phi) is 9.82. The highest BCUT2D eigenvalue weighted by Crippen LogP contribution is 2.48. The SMILES string of the molecule is COc1cc([C@@H]2CC[C@@H](c3cc(OC)c(OCCSc4ccccc4Br)c([N+](=O)[O-])c3)O2)cc(OC)c1OC. The molecule has 4 rings (SSSR count). The van der Waals surface area contributed by atoms with Gasteiger partial charge in [0, 0.05) is 21.2 Å². The summed E-state index contributed by atoms with van der Waals surface area (Å²) in [5.74, 6) is 2.59. The molecule has 208 valence electrons. The highest BCUT2D eigenvalue weighted by molar-refractivity contribution is 9.10. The van der Waals surface area contributed by atoms with E-state index in [2.05, 4.69) is 15.9 Å². The van der Waals surface area contributed by atoms with Crippen molar-refractivity contribution in [2.75, 3.05) is 40.8 Å². The summed E-state index contributed by atoms with van der Waals surface area (Å²) in [5, 5.41) is 12.0. The van der Waals surface area contributed by atoms with Crippen molar-refractivity contribution in [1.82, 2.24) is 0 Å². The van der Waals surface area contributed by atoms with E-state index in [1.165, 1.54) is 13.2 Å². The lowest BCUT2D eigenvalue weighted by atomic mass is 10.0. The molecule has 0 bridgehead atoms. The number of nitro benzene ring substituents is 1. The number of methoxy groups -OCH3 is 4. The van der Waals surface area contributed by atoms with Crippen molar-refractivity contribution in [3.8, 4) is 28.7 Å². The van der Waals surface area contributed by atoms with E-state index in [1.54, 1.807) is 39.2 Å². The van der Waals surface area contributed by atoms with Gasteiger partial charge in [-0.05, 0) is 70.2 Å². The van der Waals surface area contributed by atoms with Crippen molar-refractivity contribution in [2.24, 2.45) is 0 Å². The van der Waals surface area contributed by atoms with Gasteiger partial charge in [0.05, 0.1) is 52.2 Å². The molecule has 0 radical (unpaired) electrons. The van der Waals surface area contributed by atoms with Gasteiger partial charge in [-0.2, -0.15) is 0 Å². The van der Waals surface area contributed by atoms with E-state index in [1.807, 2.05) is 36.4 Å². The number of nitro groups is 1. The van der Waals surface area contributed by atoms with Crippen molar-refractivity contribution >= 4 is 33.4 Å². The van der Waals surface area contributed by atoms with Gasteiger partial charge < -0.3 is 28.4 Å². The minimum absolute atomic E-state index is 0.109. The zero-order valence-corrected chi connectivity index (χ0v) is 24.5. The van der Waals surface area contributed by atoms with Crippen LogP contribution in [0.3, 0.4) is 0 Å². The van der Waals surface area contributed by atoms with Crippen molar-refractivity contribution in [2.45, 2.75) is 29.9 Å². The van der Waals surface area contributed by atoms with Gasteiger partial charge in [0.1, 0.15) is 0 Å². The third-order valence-electron chi connectivity index (χ3n) is 6.35. The molecule has 1 aliphatic heterocycles. The fraction of sp³-hybridized carbons (Fsp3) is 0.357. The summed E-state index contributed by atoms with van der Waals surface area (Å²) < 4.78 is 35.1. The standard InChI is InChI=1S/C28H30BrNO8S/c1-33-23-14-17(13-20(30(31)32)27(23)37-11-12-39-26-8-6-5-7-19(26)29)21-9-10-22(38-21)18-15-24(34-2)28(36-4)25(16-18)35-3/h5-8,13-16,21-22H,9-12H2,1-4H3/t21-,22-/m0/s1. The van der Waals surface area contributed by atoms with Gasteiger partial charge in [0.2, 0.25) is 11.5 Å². The highest BCUT2D eigenvalue weighted by Gasteiger charge is 2.32. The molecule has 0 spiro atoms. The molecule has 11 heteroatoms. The molecule has 0 N–H and O–H groups in total. The lowest BCUT2D eigenvalue weighted by Crippen LogP contribution is -2.07. The summed E-state index contributed by atoms with van der Waals surface area (Å²) in [6.07, 6.45) is 0.773. The first-order chi connectivity index (χ1) is 18.9. The number of halogens is 1. The predicted molar refractivity (Wildman–Crippen MR) is 152 cm³/mol. The Labute approximate surface area is 240 Å². The van der Waals surface area contributed by atoms with Crippen LogP contribution in [0.15, 0.2) is 57.9 Å². The lowest BCUT2D eigenvalue weighted by molar-refractivity contribution is -0.386. The Bertz CT molecular complexity index is 1300. The van der Waals surface area contributed by atoms with Crippen LogP contribution in [0.4, 0.5) is 5.69 Å². The van der Waals surface area contributed by atoms with Gasteiger partial charge >= 0.3 is 5.69 Å². The van der Waals surface area contributed by atoms with Gasteiger partial charge in [-0.1, -0.05) is 12.1 Å². The molecule has 3 aromatic rings. The molecule has 9 nitrogen and oxygen atoms in total. The minimum atomic E-state index is -0.450. The van der Waals surface area contributed by atoms with Crippen molar-refractivity contribution in [1.29, 1.82) is 0 Å². The molecule has 0 aromatic heterocycles. The third kappa shape index (κ3) is 6.54. The summed E-state index contributed by atoms with van der Waals surface area (Å²) in [4.78, 5) is 12.6. The Morgan fingerprint density at radius 3 is 2.00 bits per heavy atom. The van der Waals surface area contributed by atoms with Crippen molar-refractivity contribution in [3.05, 3.63) is 74.2 Å². The molecule has 0 aliphatic carbocycles. The number of hydrogen-bond donors (Lipinski definition) is 0. The number of rotatable bonds is 12. The highest BCUT2D eigenvalue weighted by atomic mass is 79.9. The minimum Gasteiger partial charge on any atom is -0.493 e. The maximum Gasteiger partial charge on any atom is 0.315 e. The van der Waals surface area contributed by atoms with E-state index < -0.39 is 4.92 Å². The van der Waals surface area contributed by atoms with E-state index in [0.29, 0.717) is 47.2 Å². The molecule has 39 heavy (non-hydrogen) atoms. The van der Waals surface area contributed by atoms with Crippen LogP contribution in [0.2, 0.25) is 0 Å². The molecule has 0 unspecified atom stereocenters. The van der Waals surface area contributed by atoms with E-state index in [-0.39, 0.29) is 30.3 Å². The number of thioether (sulfide) groups is 1. The van der Waals surface area contributed by atoms with E-state index in [9.17, 15) is 10.1 Å². The second-order valence-electron chi connectivity index (χ2n) is 8.61. The largest absolute Gasteiger partial charge is 0.493 e. The molecule has 2 atom stereocenters. The van der Waals surface area contributed by atoms with Gasteiger partial charge in [-0.15, -0.1) is 11.8 Å². The summed E-state index contributed by atoms with van der Waals surface area (Å²) in [7, 11) is 6.15. The molecule has 1 heterocycles. The number of hydrogen-bond acceptors (Lipinski definition) is 9. The van der Waals surface area contributed by atoms with Crippen LogP contribution in [-0.4, -0.2) is 45.7 Å². The van der Waals surface area contributed by atoms with Crippen LogP contribution in [0.1, 0.15) is 36.2 Å². The monoisotopic (exact) mass is 619 g/mol. The maximum absolute atomic E-state index is 12.0. The quantitative estimate of drug-likeness (QED) is 0.0905. The number of ether oxygens (including phenoxy) is 6. The first kappa shape index (κ1) is 28.8. The molecule has 1 fully saturated rings. The van der Waals surface area contributed by atoms with Gasteiger partial charge in [-0.25, -0.2) is 0 Å². The molecular formula is C28H30BrNO8S. The topological polar surface area (TPSA) is 98.5 Å². The van der Waals surface area contributed by atoms with Crippen LogP contribution in [0, 0.1) is 10.1 Å². The van der Waals surface area contributed by atoms with Crippen LogP contribution < -0.4 is 23.7 Å². The van der Waals surface area contributed by atoms with Gasteiger partial charge in [-0.3, -0.25) is 10.1 Å². The summed E-state index contributed by atoms with van der Waals surface area (Å²) in [6, 6.07) is 14.9. The molecule has 1 saturated heterocycles. The van der Waals surface area contributed by atoms with Gasteiger partial charge in [0.25, 0.3) is 0 Å². The van der Waals surface area contributed by atoms with E-state index in [4.69, 9.17) is 28.4 Å². The van der Waals surface area contributed by atoms with Crippen LogP contribution in [0.25, 0.3) is 0 Å². The second-order valence-corrected chi connectivity index (χ2v) is 10.6. The van der Waals surface area contributed by atoms with Crippen LogP contribution in [-0.2, 0) is 4.74 Å². The zero-order chi connectivity index (χ0) is 27.9. The van der Waals surface area contributed by atoms with E-state index in [0.717, 1.165) is 14.9 Å². The fourth-order valence-electron chi connectivity index (χ4n) is 4.50. The normalized spacial score (nSPS) is 16.5. The molecule has 3 aromatic carbocycles. The summed E-state index contributed by atoms with van der Waals surface area (Å²) in [6.45, 7) is 0.270. The first-order valence-corrected chi connectivity index (χ1v) is 14.0. The molecule has 0 saturated carbocycles. The fourth-order valence-corrected chi connectivity index (χ4v) is 5.89. The average Bonchev–Trinajstić information content (AvgIpc) is 3.45. The summed E-state index contributed by atoms with van der Waals surface area (Å²) in [5.41, 5.74) is 1.37. The molecule has 0 amide bonds. The first-order valence-electron chi connectivity index (χ1n) is 12.2. The smallest absolute Gasteiger partial charge is 0.315 e. The number of nitrogens with zero attached hydrogens (tertiary/aromatic N) is 1. The Morgan fingerprint density at radius 1 is 0.897 bits per heavy atom. The van der Waals surface area contributed by atoms with Crippen LogP contribution >= 0.6 is 27.7 Å². The lowest BCUT2D eigenvalue weighted by Gasteiger charge is -2.19. The zero-order valence-electron chi connectivity index (χ0n) is 22.1. The van der Waals surface area contributed by atoms with Gasteiger partial charge in [0.15, 0.2) is 17.2 Å². The predicted octanol–water partition coefficient (Wildman–Crippen LogP) is 7.16. The summed E-state index contributed by atoms with van der Waals surface area (Å²) >= 11 is 5.12. The Morgan fingerprint density at radius 2 is 1.46 bits per heavy atom. The molecule has 1 aliphatic rings. The second kappa shape index (κ2) is 13.3. The number of benzene rings is 3. The average molecular weight is 621 g/mol. The Balaban J connectivity index is 1.51. The van der Waals surface area contributed by atoms with Crippen molar-refractivity contribution in [3.63, 3.8) is 0 Å².